The van der Waals surface area contributed by atoms with Gasteiger partial charge in [0.05, 0.1) is 24.7 Å². The molecular weight excluding hydrogens is 334 g/mol. The maximum absolute atomic E-state index is 12.3. The Labute approximate surface area is 143 Å². The first-order valence-electron chi connectivity index (χ1n) is 8.48. The molecule has 8 nitrogen and oxygen atoms in total. The zero-order valence-electron chi connectivity index (χ0n) is 14.2. The van der Waals surface area contributed by atoms with Crippen LogP contribution in [0.1, 0.15) is 19.8 Å². The van der Waals surface area contributed by atoms with Crippen LogP contribution in [0.5, 0.6) is 0 Å². The van der Waals surface area contributed by atoms with Gasteiger partial charge in [0.25, 0.3) is 0 Å². The molecule has 2 fully saturated rings. The van der Waals surface area contributed by atoms with Gasteiger partial charge in [0.2, 0.25) is 11.8 Å². The number of carbonyl (C=O) groups is 2. The Morgan fingerprint density at radius 2 is 2.00 bits per heavy atom. The Bertz CT molecular complexity index is 545. The van der Waals surface area contributed by atoms with Crippen LogP contribution in [0, 0.1) is 0 Å². The lowest BCUT2D eigenvalue weighted by Crippen LogP contribution is -2.44. The van der Waals surface area contributed by atoms with E-state index in [4.69, 9.17) is 4.74 Å². The minimum absolute atomic E-state index is 0.00519. The molecule has 1 atom stereocenters. The van der Waals surface area contributed by atoms with Crippen molar-refractivity contribution in [2.45, 2.75) is 25.8 Å². The first-order chi connectivity index (χ1) is 11.4. The van der Waals surface area contributed by atoms with E-state index in [1.807, 2.05) is 0 Å². The van der Waals surface area contributed by atoms with Crippen molar-refractivity contribution in [3.8, 4) is 0 Å². The van der Waals surface area contributed by atoms with Gasteiger partial charge in [0, 0.05) is 38.8 Å². The van der Waals surface area contributed by atoms with Gasteiger partial charge in [0.15, 0.2) is 9.84 Å². The third-order valence-electron chi connectivity index (χ3n) is 4.48. The summed E-state index contributed by atoms with van der Waals surface area (Å²) in [6.07, 6.45) is 0.230. The number of rotatable bonds is 7. The summed E-state index contributed by atoms with van der Waals surface area (Å²) in [6.45, 7) is 6.59. The van der Waals surface area contributed by atoms with E-state index in [0.717, 1.165) is 19.6 Å². The smallest absolute Gasteiger partial charge is 0.232 e. The molecule has 1 unspecified atom stereocenters. The second-order valence-electron chi connectivity index (χ2n) is 6.22. The van der Waals surface area contributed by atoms with Crippen molar-refractivity contribution in [3.05, 3.63) is 0 Å². The van der Waals surface area contributed by atoms with Crippen LogP contribution in [-0.2, 0) is 24.2 Å². The van der Waals surface area contributed by atoms with Crippen LogP contribution in [0.3, 0.4) is 0 Å². The predicted octanol–water partition coefficient (Wildman–Crippen LogP) is -1.14. The lowest BCUT2D eigenvalue weighted by atomic mass is 10.2. The fourth-order valence-corrected chi connectivity index (χ4v) is 4.87. The molecule has 0 aromatic heterocycles. The normalized spacial score (nSPS) is 23.8. The van der Waals surface area contributed by atoms with Crippen LogP contribution in [0.4, 0.5) is 0 Å². The topological polar surface area (TPSA) is 96.0 Å². The highest BCUT2D eigenvalue weighted by Gasteiger charge is 2.34. The molecule has 2 saturated heterocycles. The molecule has 0 spiro atoms. The Balaban J connectivity index is 1.72. The van der Waals surface area contributed by atoms with Crippen LogP contribution in [0.25, 0.3) is 0 Å². The lowest BCUT2D eigenvalue weighted by Gasteiger charge is -2.27. The summed E-state index contributed by atoms with van der Waals surface area (Å²) in [6, 6.07) is -0.298. The number of sulfone groups is 1. The highest BCUT2D eigenvalue weighted by Crippen LogP contribution is 2.18. The van der Waals surface area contributed by atoms with Gasteiger partial charge in [-0.25, -0.2) is 8.42 Å². The van der Waals surface area contributed by atoms with Gasteiger partial charge in [-0.2, -0.15) is 0 Å². The molecule has 2 aliphatic rings. The second-order valence-corrected chi connectivity index (χ2v) is 8.45. The van der Waals surface area contributed by atoms with E-state index in [2.05, 4.69) is 10.2 Å². The van der Waals surface area contributed by atoms with Crippen molar-refractivity contribution in [1.82, 2.24) is 15.1 Å². The SMILES string of the molecule is CCN(C(=O)CC(=O)NCCN1CCOCC1)C1CCS(=O)(=O)C1. The van der Waals surface area contributed by atoms with E-state index >= 15 is 0 Å². The summed E-state index contributed by atoms with van der Waals surface area (Å²) in [4.78, 5) is 28.0. The third kappa shape index (κ3) is 5.71. The number of amides is 2. The Hall–Kier alpha value is -1.19. The minimum Gasteiger partial charge on any atom is -0.379 e. The standard InChI is InChI=1S/C15H27N3O5S/c1-2-18(13-3-10-24(21,22)12-13)15(20)11-14(19)16-4-5-17-6-8-23-9-7-17/h13H,2-12H2,1H3,(H,16,19). The first-order valence-corrected chi connectivity index (χ1v) is 10.3. The lowest BCUT2D eigenvalue weighted by molar-refractivity contribution is -0.137. The highest BCUT2D eigenvalue weighted by atomic mass is 32.2. The molecule has 2 amide bonds. The molecule has 24 heavy (non-hydrogen) atoms. The van der Waals surface area contributed by atoms with Gasteiger partial charge in [-0.05, 0) is 13.3 Å². The summed E-state index contributed by atoms with van der Waals surface area (Å²) in [7, 11) is -3.05. The molecule has 9 heteroatoms. The van der Waals surface area contributed by atoms with E-state index in [9.17, 15) is 18.0 Å². The van der Waals surface area contributed by atoms with Gasteiger partial charge in [-0.15, -0.1) is 0 Å². The molecule has 2 aliphatic heterocycles. The third-order valence-corrected chi connectivity index (χ3v) is 6.23. The van der Waals surface area contributed by atoms with Crippen molar-refractivity contribution in [3.63, 3.8) is 0 Å². The van der Waals surface area contributed by atoms with E-state index in [-0.39, 0.29) is 35.8 Å². The average molecular weight is 361 g/mol. The number of carbonyl (C=O) groups excluding carboxylic acids is 2. The summed E-state index contributed by atoms with van der Waals surface area (Å²) < 4.78 is 28.4. The largest absolute Gasteiger partial charge is 0.379 e. The monoisotopic (exact) mass is 361 g/mol. The number of hydrogen-bond donors (Lipinski definition) is 1. The van der Waals surface area contributed by atoms with E-state index in [1.54, 1.807) is 6.92 Å². The molecule has 2 heterocycles. The van der Waals surface area contributed by atoms with Crippen LogP contribution in [0.2, 0.25) is 0 Å². The van der Waals surface area contributed by atoms with Gasteiger partial charge in [0.1, 0.15) is 6.42 Å². The number of nitrogens with zero attached hydrogens (tertiary/aromatic N) is 2. The van der Waals surface area contributed by atoms with Crippen molar-refractivity contribution < 1.29 is 22.7 Å². The van der Waals surface area contributed by atoms with E-state index in [1.165, 1.54) is 4.90 Å². The van der Waals surface area contributed by atoms with Gasteiger partial charge in [-0.3, -0.25) is 14.5 Å². The molecule has 0 bridgehead atoms. The minimum atomic E-state index is -3.05. The van der Waals surface area contributed by atoms with Crippen LogP contribution < -0.4 is 5.32 Å². The Morgan fingerprint density at radius 1 is 1.29 bits per heavy atom. The quantitative estimate of drug-likeness (QED) is 0.576. The molecule has 2 rings (SSSR count). The van der Waals surface area contributed by atoms with Gasteiger partial charge < -0.3 is 15.0 Å². The second kappa shape index (κ2) is 8.77. The first kappa shape index (κ1) is 19.1. The number of ether oxygens (including phenoxy) is 1. The van der Waals surface area contributed by atoms with Crippen LogP contribution >= 0.6 is 0 Å². The zero-order chi connectivity index (χ0) is 17.6. The molecule has 0 radical (unpaired) electrons. The summed E-state index contributed by atoms with van der Waals surface area (Å²) in [5.41, 5.74) is 0. The number of nitrogens with one attached hydrogen (secondary N) is 1. The highest BCUT2D eigenvalue weighted by molar-refractivity contribution is 7.91. The van der Waals surface area contributed by atoms with Crippen LogP contribution in [0.15, 0.2) is 0 Å². The summed E-state index contributed by atoms with van der Waals surface area (Å²) in [5, 5.41) is 2.76. The molecule has 0 aromatic rings. The maximum Gasteiger partial charge on any atom is 0.232 e. The van der Waals surface area contributed by atoms with E-state index < -0.39 is 9.84 Å². The Kier molecular flexibility index (Phi) is 7.00. The Morgan fingerprint density at radius 3 is 2.58 bits per heavy atom. The predicted molar refractivity (Wildman–Crippen MR) is 89.3 cm³/mol. The molecular formula is C15H27N3O5S. The van der Waals surface area contributed by atoms with Crippen LogP contribution in [-0.4, -0.2) is 93.5 Å². The van der Waals surface area contributed by atoms with Crippen molar-refractivity contribution >= 4 is 21.7 Å². The fourth-order valence-electron chi connectivity index (χ4n) is 3.14. The number of hydrogen-bond acceptors (Lipinski definition) is 6. The number of morpholine rings is 1. The molecule has 1 N–H and O–H groups in total. The van der Waals surface area contributed by atoms with Crippen molar-refractivity contribution in [1.29, 1.82) is 0 Å². The molecule has 0 saturated carbocycles. The summed E-state index contributed by atoms with van der Waals surface area (Å²) in [5.74, 6) is -0.491. The maximum atomic E-state index is 12.3. The average Bonchev–Trinajstić information content (AvgIpc) is 2.89. The van der Waals surface area contributed by atoms with Gasteiger partial charge >= 0.3 is 0 Å². The van der Waals surface area contributed by atoms with Crippen molar-refractivity contribution in [2.24, 2.45) is 0 Å². The molecule has 138 valence electrons. The van der Waals surface area contributed by atoms with Crippen molar-refractivity contribution in [2.75, 3.05) is 57.4 Å². The van der Waals surface area contributed by atoms with E-state index in [0.29, 0.717) is 32.7 Å². The summed E-state index contributed by atoms with van der Waals surface area (Å²) >= 11 is 0. The molecule has 0 aromatic carbocycles. The molecule has 0 aliphatic carbocycles. The fraction of sp³-hybridized carbons (Fsp3) is 0.867. The zero-order valence-corrected chi connectivity index (χ0v) is 15.0. The van der Waals surface area contributed by atoms with Gasteiger partial charge in [-0.1, -0.05) is 0 Å².